The zero-order valence-corrected chi connectivity index (χ0v) is 12.2. The summed E-state index contributed by atoms with van der Waals surface area (Å²) < 4.78 is 24.5. The first-order valence-electron chi connectivity index (χ1n) is 5.84. The smallest absolute Gasteiger partial charge is 0.229 e. The fourth-order valence-corrected chi connectivity index (χ4v) is 2.22. The van der Waals surface area contributed by atoms with Crippen molar-refractivity contribution in [3.63, 3.8) is 0 Å². The Labute approximate surface area is 118 Å². The molecule has 1 amide bonds. The zero-order chi connectivity index (χ0) is 14.3. The molecule has 0 unspecified atom stereocenters. The number of unbranched alkanes of at least 4 members (excludes halogenated alkanes) is 1. The van der Waals surface area contributed by atoms with Crippen LogP contribution in [0, 0.1) is 0 Å². The van der Waals surface area contributed by atoms with Gasteiger partial charge >= 0.3 is 0 Å². The lowest BCUT2D eigenvalue weighted by Crippen LogP contribution is -2.12. The molecule has 0 atom stereocenters. The third kappa shape index (κ3) is 7.03. The van der Waals surface area contributed by atoms with Gasteiger partial charge in [-0.05, 0) is 31.0 Å². The number of hydrogen-bond donors (Lipinski definition) is 2. The molecule has 0 heterocycles. The molecule has 2 N–H and O–H groups in total. The minimum absolute atomic E-state index is 0.110. The predicted molar refractivity (Wildman–Crippen MR) is 78.1 cm³/mol. The number of halogens is 1. The molecule has 0 saturated carbocycles. The Balaban J connectivity index is 2.59. The highest BCUT2D eigenvalue weighted by molar-refractivity contribution is 7.92. The van der Waals surface area contributed by atoms with Crippen LogP contribution >= 0.6 is 11.6 Å². The fraction of sp³-hybridized carbons (Fsp3) is 0.417. The largest absolute Gasteiger partial charge is 0.326 e. The van der Waals surface area contributed by atoms with Crippen molar-refractivity contribution in [3.8, 4) is 0 Å². The van der Waals surface area contributed by atoms with E-state index in [1.165, 1.54) is 0 Å². The molecule has 0 spiro atoms. The van der Waals surface area contributed by atoms with Gasteiger partial charge in [-0.1, -0.05) is 6.07 Å². The van der Waals surface area contributed by atoms with E-state index in [0.717, 1.165) is 19.1 Å². The molecular formula is C12H17ClN2O3S. The average molecular weight is 305 g/mol. The molecule has 0 saturated heterocycles. The maximum absolute atomic E-state index is 11.6. The number of hydrogen-bond acceptors (Lipinski definition) is 3. The summed E-state index contributed by atoms with van der Waals surface area (Å²) in [5, 5.41) is 2.71. The first-order valence-corrected chi connectivity index (χ1v) is 8.27. The molecule has 1 rings (SSSR count). The van der Waals surface area contributed by atoms with E-state index in [1.807, 2.05) is 0 Å². The number of carbonyl (C=O) groups excluding carboxylic acids is 1. The van der Waals surface area contributed by atoms with Gasteiger partial charge in [-0.15, -0.1) is 11.6 Å². The number of alkyl halides is 1. The minimum atomic E-state index is -3.32. The van der Waals surface area contributed by atoms with Gasteiger partial charge in [-0.3, -0.25) is 9.52 Å². The quantitative estimate of drug-likeness (QED) is 0.600. The van der Waals surface area contributed by atoms with E-state index in [2.05, 4.69) is 10.0 Å². The van der Waals surface area contributed by atoms with Gasteiger partial charge in [0.05, 0.1) is 11.9 Å². The lowest BCUT2D eigenvalue weighted by molar-refractivity contribution is -0.116. The van der Waals surface area contributed by atoms with E-state index >= 15 is 0 Å². The molecule has 7 heteroatoms. The number of benzene rings is 1. The van der Waals surface area contributed by atoms with Gasteiger partial charge in [0, 0.05) is 18.0 Å². The number of carbonyl (C=O) groups is 1. The highest BCUT2D eigenvalue weighted by atomic mass is 35.5. The van der Waals surface area contributed by atoms with Crippen LogP contribution in [0.3, 0.4) is 0 Å². The highest BCUT2D eigenvalue weighted by Gasteiger charge is 2.05. The second-order valence-electron chi connectivity index (χ2n) is 4.15. The Hall–Kier alpha value is -1.27. The van der Waals surface area contributed by atoms with Crippen LogP contribution in [0.25, 0.3) is 0 Å². The van der Waals surface area contributed by atoms with Gasteiger partial charge in [-0.2, -0.15) is 0 Å². The van der Waals surface area contributed by atoms with E-state index in [-0.39, 0.29) is 5.91 Å². The van der Waals surface area contributed by atoms with Gasteiger partial charge in [0.25, 0.3) is 0 Å². The first kappa shape index (κ1) is 15.8. The summed E-state index contributed by atoms with van der Waals surface area (Å²) in [5.74, 6) is 0.433. The van der Waals surface area contributed by atoms with Crippen molar-refractivity contribution < 1.29 is 13.2 Å². The van der Waals surface area contributed by atoms with Crippen LogP contribution in [0.5, 0.6) is 0 Å². The van der Waals surface area contributed by atoms with Crippen molar-refractivity contribution >= 4 is 38.9 Å². The molecule has 106 valence electrons. The summed E-state index contributed by atoms with van der Waals surface area (Å²) in [4.78, 5) is 11.6. The monoisotopic (exact) mass is 304 g/mol. The third-order valence-electron chi connectivity index (χ3n) is 2.24. The molecule has 1 aromatic carbocycles. The number of rotatable bonds is 7. The van der Waals surface area contributed by atoms with Crippen LogP contribution in [-0.2, 0) is 14.8 Å². The van der Waals surface area contributed by atoms with Crippen LogP contribution in [0.1, 0.15) is 19.3 Å². The Bertz CT molecular complexity index is 532. The van der Waals surface area contributed by atoms with Gasteiger partial charge in [0.2, 0.25) is 15.9 Å². The second-order valence-corrected chi connectivity index (χ2v) is 6.28. The molecule has 0 aliphatic heterocycles. The fourth-order valence-electron chi connectivity index (χ4n) is 1.48. The summed E-state index contributed by atoms with van der Waals surface area (Å²) in [6, 6.07) is 6.56. The molecule has 0 aromatic heterocycles. The van der Waals surface area contributed by atoms with Gasteiger partial charge in [-0.25, -0.2) is 8.42 Å². The van der Waals surface area contributed by atoms with Crippen molar-refractivity contribution in [2.75, 3.05) is 22.2 Å². The molecule has 0 aliphatic rings. The van der Waals surface area contributed by atoms with Crippen LogP contribution in [0.2, 0.25) is 0 Å². The molecule has 0 bridgehead atoms. The molecular weight excluding hydrogens is 288 g/mol. The molecule has 5 nitrogen and oxygen atoms in total. The Morgan fingerprint density at radius 1 is 1.26 bits per heavy atom. The molecule has 0 fully saturated rings. The van der Waals surface area contributed by atoms with Gasteiger partial charge in [0.15, 0.2) is 0 Å². The molecule has 19 heavy (non-hydrogen) atoms. The van der Waals surface area contributed by atoms with E-state index in [4.69, 9.17) is 11.6 Å². The number of nitrogens with one attached hydrogen (secondary N) is 2. The van der Waals surface area contributed by atoms with Crippen LogP contribution in [0.15, 0.2) is 24.3 Å². The molecule has 1 aromatic rings. The summed E-state index contributed by atoms with van der Waals surface area (Å²) in [6.45, 7) is 0. The summed E-state index contributed by atoms with van der Waals surface area (Å²) in [7, 11) is -3.32. The minimum Gasteiger partial charge on any atom is -0.326 e. The lowest BCUT2D eigenvalue weighted by Gasteiger charge is -2.08. The van der Waals surface area contributed by atoms with Crippen molar-refractivity contribution in [2.24, 2.45) is 0 Å². The normalized spacial score (nSPS) is 11.1. The Kier molecular flexibility index (Phi) is 6.11. The predicted octanol–water partition coefficient (Wildman–Crippen LogP) is 2.41. The van der Waals surface area contributed by atoms with Crippen LogP contribution < -0.4 is 10.0 Å². The molecule has 0 aliphatic carbocycles. The number of anilines is 2. The zero-order valence-electron chi connectivity index (χ0n) is 10.6. The first-order chi connectivity index (χ1) is 8.90. The number of amides is 1. The van der Waals surface area contributed by atoms with Crippen LogP contribution in [0.4, 0.5) is 11.4 Å². The van der Waals surface area contributed by atoms with Crippen LogP contribution in [-0.4, -0.2) is 26.5 Å². The SMILES string of the molecule is CS(=O)(=O)Nc1cccc(NC(=O)CCCCCl)c1. The Morgan fingerprint density at radius 3 is 2.58 bits per heavy atom. The van der Waals surface area contributed by atoms with E-state index in [0.29, 0.717) is 23.7 Å². The van der Waals surface area contributed by atoms with E-state index < -0.39 is 10.0 Å². The standard InChI is InChI=1S/C12H17ClN2O3S/c1-19(17,18)15-11-6-4-5-10(9-11)14-12(16)7-2-3-8-13/h4-6,9,15H,2-3,7-8H2,1H3,(H,14,16). The van der Waals surface area contributed by atoms with Crippen molar-refractivity contribution in [1.82, 2.24) is 0 Å². The summed E-state index contributed by atoms with van der Waals surface area (Å²) in [5.41, 5.74) is 0.977. The molecule has 0 radical (unpaired) electrons. The van der Waals surface area contributed by atoms with Gasteiger partial charge < -0.3 is 5.32 Å². The van der Waals surface area contributed by atoms with E-state index in [1.54, 1.807) is 24.3 Å². The van der Waals surface area contributed by atoms with Crippen molar-refractivity contribution in [3.05, 3.63) is 24.3 Å². The van der Waals surface area contributed by atoms with Crippen molar-refractivity contribution in [2.45, 2.75) is 19.3 Å². The second kappa shape index (κ2) is 7.35. The summed E-state index contributed by atoms with van der Waals surface area (Å²) in [6.07, 6.45) is 3.00. The van der Waals surface area contributed by atoms with Gasteiger partial charge in [0.1, 0.15) is 0 Å². The maximum Gasteiger partial charge on any atom is 0.229 e. The van der Waals surface area contributed by atoms with E-state index in [9.17, 15) is 13.2 Å². The topological polar surface area (TPSA) is 75.3 Å². The Morgan fingerprint density at radius 2 is 1.95 bits per heavy atom. The number of sulfonamides is 1. The average Bonchev–Trinajstić information content (AvgIpc) is 2.27. The van der Waals surface area contributed by atoms with Crippen molar-refractivity contribution in [1.29, 1.82) is 0 Å². The lowest BCUT2D eigenvalue weighted by atomic mass is 10.2. The highest BCUT2D eigenvalue weighted by Crippen LogP contribution is 2.16. The summed E-state index contributed by atoms with van der Waals surface area (Å²) >= 11 is 5.53. The third-order valence-corrected chi connectivity index (χ3v) is 3.11. The maximum atomic E-state index is 11.6.